The van der Waals surface area contributed by atoms with Crippen LogP contribution in [0.2, 0.25) is 0 Å². The van der Waals surface area contributed by atoms with Gasteiger partial charge in [0.15, 0.2) is 0 Å². The summed E-state index contributed by atoms with van der Waals surface area (Å²) in [6, 6.07) is 10.8. The lowest BCUT2D eigenvalue weighted by molar-refractivity contribution is 0.141. The molecule has 0 aromatic heterocycles. The molecule has 0 aliphatic carbocycles. The van der Waals surface area contributed by atoms with Gasteiger partial charge >= 0.3 is 0 Å². The minimum Gasteiger partial charge on any atom is -0.390 e. The normalized spacial score (nSPS) is 13.5. The van der Waals surface area contributed by atoms with Gasteiger partial charge in [-0.05, 0) is 41.8 Å². The van der Waals surface area contributed by atoms with Crippen LogP contribution in [0.25, 0.3) is 0 Å². The number of nitrogens with two attached hydrogens (primary N) is 1. The largest absolute Gasteiger partial charge is 0.390 e. The van der Waals surface area contributed by atoms with Gasteiger partial charge in [0.05, 0.1) is 6.10 Å². The number of rotatable bonds is 8. The van der Waals surface area contributed by atoms with E-state index in [2.05, 4.69) is 5.32 Å². The van der Waals surface area contributed by atoms with E-state index in [-0.39, 0.29) is 6.42 Å². The summed E-state index contributed by atoms with van der Waals surface area (Å²) in [6.07, 6.45) is -0.609. The average molecular weight is 349 g/mol. The van der Waals surface area contributed by atoms with E-state index in [0.717, 1.165) is 17.3 Å². The third kappa shape index (κ3) is 6.08. The van der Waals surface area contributed by atoms with Crippen molar-refractivity contribution in [1.29, 1.82) is 0 Å². The minimum atomic E-state index is -0.813. The zero-order valence-corrected chi connectivity index (χ0v) is 14.5. The Morgan fingerprint density at radius 3 is 2.20 bits per heavy atom. The molecule has 6 heteroatoms. The maximum atomic E-state index is 13.2. The molecule has 0 spiro atoms. The van der Waals surface area contributed by atoms with Crippen molar-refractivity contribution < 1.29 is 13.9 Å². The molecule has 2 atom stereocenters. The average Bonchev–Trinajstić information content (AvgIpc) is 2.54. The first-order valence-electron chi connectivity index (χ1n) is 8.20. The van der Waals surface area contributed by atoms with Crippen LogP contribution in [0.4, 0.5) is 14.5 Å². The molecule has 0 saturated carbocycles. The zero-order chi connectivity index (χ0) is 18.4. The van der Waals surface area contributed by atoms with Crippen LogP contribution >= 0.6 is 0 Å². The van der Waals surface area contributed by atoms with Gasteiger partial charge in [-0.2, -0.15) is 0 Å². The highest BCUT2D eigenvalue weighted by Gasteiger charge is 2.16. The van der Waals surface area contributed by atoms with Crippen molar-refractivity contribution in [2.45, 2.75) is 25.1 Å². The van der Waals surface area contributed by atoms with Gasteiger partial charge in [0.2, 0.25) is 0 Å². The summed E-state index contributed by atoms with van der Waals surface area (Å²) in [5.74, 6) is -1.29. The van der Waals surface area contributed by atoms with Crippen LogP contribution < -0.4 is 16.0 Å². The highest BCUT2D eigenvalue weighted by atomic mass is 19.1. The lowest BCUT2D eigenvalue weighted by atomic mass is 10.0. The van der Waals surface area contributed by atoms with Gasteiger partial charge in [0, 0.05) is 45.0 Å². The van der Waals surface area contributed by atoms with Gasteiger partial charge < -0.3 is 21.1 Å². The standard InChI is InChI=1S/C19H25F2N3O/c1-24(2)17-5-3-13(4-6-17)11-23-12-19(25)18(22)9-14-7-15(20)10-16(21)8-14/h3-8,10,18-19,23,25H,9,11-12,22H2,1-2H3/t18-,19+/m0/s1. The van der Waals surface area contributed by atoms with Crippen LogP contribution in [0.5, 0.6) is 0 Å². The number of benzene rings is 2. The molecule has 2 rings (SSSR count). The van der Waals surface area contributed by atoms with Crippen LogP contribution in [0.3, 0.4) is 0 Å². The number of halogens is 2. The Morgan fingerprint density at radius 1 is 1.04 bits per heavy atom. The SMILES string of the molecule is CN(C)c1ccc(CNC[C@@H](O)[C@@H](N)Cc2cc(F)cc(F)c2)cc1. The Morgan fingerprint density at radius 2 is 1.64 bits per heavy atom. The Balaban J connectivity index is 1.79. The highest BCUT2D eigenvalue weighted by Crippen LogP contribution is 2.13. The Bertz CT molecular complexity index is 657. The van der Waals surface area contributed by atoms with E-state index in [0.29, 0.717) is 18.7 Å². The van der Waals surface area contributed by atoms with Gasteiger partial charge in [-0.1, -0.05) is 12.1 Å². The number of hydrogen-bond donors (Lipinski definition) is 3. The van der Waals surface area contributed by atoms with Crippen LogP contribution in [0.1, 0.15) is 11.1 Å². The molecular formula is C19H25F2N3O. The fourth-order valence-electron chi connectivity index (χ4n) is 2.56. The Kier molecular flexibility index (Phi) is 6.87. The van der Waals surface area contributed by atoms with E-state index in [9.17, 15) is 13.9 Å². The van der Waals surface area contributed by atoms with Crippen LogP contribution in [-0.2, 0) is 13.0 Å². The van der Waals surface area contributed by atoms with Gasteiger partial charge in [-0.3, -0.25) is 0 Å². The number of aliphatic hydroxyl groups excluding tert-OH is 1. The summed E-state index contributed by atoms with van der Waals surface area (Å²) in [4.78, 5) is 2.02. The Labute approximate surface area is 147 Å². The molecule has 0 bridgehead atoms. The lowest BCUT2D eigenvalue weighted by Crippen LogP contribution is -2.43. The predicted molar refractivity (Wildman–Crippen MR) is 96.5 cm³/mol. The summed E-state index contributed by atoms with van der Waals surface area (Å²) in [7, 11) is 3.96. The van der Waals surface area contributed by atoms with Crippen molar-refractivity contribution >= 4 is 5.69 Å². The molecule has 0 fully saturated rings. The molecule has 0 unspecified atom stereocenters. The molecule has 0 saturated heterocycles. The fraction of sp³-hybridized carbons (Fsp3) is 0.368. The summed E-state index contributed by atoms with van der Waals surface area (Å²) >= 11 is 0. The van der Waals surface area contributed by atoms with Crippen LogP contribution in [0, 0.1) is 11.6 Å². The molecule has 4 N–H and O–H groups in total. The topological polar surface area (TPSA) is 61.5 Å². The number of anilines is 1. The van der Waals surface area contributed by atoms with Crippen LogP contribution in [0.15, 0.2) is 42.5 Å². The van der Waals surface area contributed by atoms with E-state index in [4.69, 9.17) is 5.73 Å². The molecule has 0 amide bonds. The van der Waals surface area contributed by atoms with E-state index in [1.54, 1.807) is 0 Å². The number of nitrogens with zero attached hydrogens (tertiary/aromatic N) is 1. The molecule has 0 aliphatic heterocycles. The number of aliphatic hydroxyl groups is 1. The summed E-state index contributed by atoms with van der Waals surface area (Å²) < 4.78 is 26.4. The smallest absolute Gasteiger partial charge is 0.126 e. The first-order valence-corrected chi connectivity index (χ1v) is 8.20. The first-order chi connectivity index (χ1) is 11.8. The van der Waals surface area contributed by atoms with Crippen molar-refractivity contribution in [3.63, 3.8) is 0 Å². The van der Waals surface area contributed by atoms with E-state index in [1.807, 2.05) is 43.3 Å². The first kappa shape index (κ1) is 19.3. The van der Waals surface area contributed by atoms with Crippen molar-refractivity contribution in [3.8, 4) is 0 Å². The van der Waals surface area contributed by atoms with Gasteiger partial charge in [-0.25, -0.2) is 8.78 Å². The minimum absolute atomic E-state index is 0.203. The summed E-state index contributed by atoms with van der Waals surface area (Å²) in [6.45, 7) is 0.903. The molecule has 0 radical (unpaired) electrons. The van der Waals surface area contributed by atoms with Gasteiger partial charge in [0.1, 0.15) is 11.6 Å². The van der Waals surface area contributed by atoms with Gasteiger partial charge in [0.25, 0.3) is 0 Å². The molecule has 4 nitrogen and oxygen atoms in total. The van der Waals surface area contributed by atoms with E-state index >= 15 is 0 Å². The fourth-order valence-corrected chi connectivity index (χ4v) is 2.56. The van der Waals surface area contributed by atoms with E-state index in [1.165, 1.54) is 12.1 Å². The molecule has 0 heterocycles. The zero-order valence-electron chi connectivity index (χ0n) is 14.5. The Hall–Kier alpha value is -2.02. The molecular weight excluding hydrogens is 324 g/mol. The van der Waals surface area contributed by atoms with Crippen LogP contribution in [-0.4, -0.2) is 37.9 Å². The monoisotopic (exact) mass is 349 g/mol. The maximum Gasteiger partial charge on any atom is 0.126 e. The molecule has 2 aromatic rings. The third-order valence-corrected chi connectivity index (χ3v) is 4.02. The van der Waals surface area contributed by atoms with Crippen molar-refractivity contribution in [1.82, 2.24) is 5.32 Å². The quantitative estimate of drug-likeness (QED) is 0.683. The number of hydrogen-bond acceptors (Lipinski definition) is 4. The highest BCUT2D eigenvalue weighted by molar-refractivity contribution is 5.45. The molecule has 0 aliphatic rings. The van der Waals surface area contributed by atoms with Crippen molar-refractivity contribution in [2.24, 2.45) is 5.73 Å². The predicted octanol–water partition coefficient (Wildman–Crippen LogP) is 2.05. The second kappa shape index (κ2) is 8.89. The molecule has 2 aromatic carbocycles. The lowest BCUT2D eigenvalue weighted by Gasteiger charge is -2.20. The van der Waals surface area contributed by atoms with E-state index < -0.39 is 23.8 Å². The second-order valence-corrected chi connectivity index (χ2v) is 6.40. The maximum absolute atomic E-state index is 13.2. The van der Waals surface area contributed by atoms with Crippen molar-refractivity contribution in [3.05, 3.63) is 65.2 Å². The molecule has 25 heavy (non-hydrogen) atoms. The summed E-state index contributed by atoms with van der Waals surface area (Å²) in [5, 5.41) is 13.3. The number of nitrogens with one attached hydrogen (secondary N) is 1. The van der Waals surface area contributed by atoms with Crippen molar-refractivity contribution in [2.75, 3.05) is 25.5 Å². The molecule has 136 valence electrons. The van der Waals surface area contributed by atoms with Gasteiger partial charge in [-0.15, -0.1) is 0 Å². The summed E-state index contributed by atoms with van der Waals surface area (Å²) in [5.41, 5.74) is 8.59. The third-order valence-electron chi connectivity index (χ3n) is 4.02. The second-order valence-electron chi connectivity index (χ2n) is 6.40.